The average molecular weight is 271 g/mol. The molecule has 0 radical (unpaired) electrons. The number of hydrogen-bond acceptors (Lipinski definition) is 2. The molecule has 0 N–H and O–H groups in total. The number of benzene rings is 2. The van der Waals surface area contributed by atoms with E-state index in [4.69, 9.17) is 0 Å². The first-order valence-corrected chi connectivity index (χ1v) is 6.71. The Bertz CT molecular complexity index is 592. The molecular formula is C17H18FNO. The van der Waals surface area contributed by atoms with Crippen molar-refractivity contribution in [3.05, 3.63) is 65.5 Å². The van der Waals surface area contributed by atoms with Crippen LogP contribution in [0.1, 0.15) is 22.8 Å². The van der Waals surface area contributed by atoms with Crippen molar-refractivity contribution in [2.75, 3.05) is 18.0 Å². The standard InChI is InChI=1S/C17H18FNO/c1-3-19(16-7-5-4-6-15(16)18)12-17(20)14-10-8-13(2)9-11-14/h4-11H,3,12H2,1-2H3. The molecule has 0 aromatic heterocycles. The van der Waals surface area contributed by atoms with Crippen molar-refractivity contribution in [2.24, 2.45) is 0 Å². The number of carbonyl (C=O) groups excluding carboxylic acids is 1. The summed E-state index contributed by atoms with van der Waals surface area (Å²) in [6.07, 6.45) is 0. The largest absolute Gasteiger partial charge is 0.362 e. The van der Waals surface area contributed by atoms with Gasteiger partial charge in [-0.15, -0.1) is 0 Å². The molecule has 0 unspecified atom stereocenters. The molecule has 0 aliphatic rings. The second-order valence-electron chi connectivity index (χ2n) is 4.75. The highest BCUT2D eigenvalue weighted by molar-refractivity contribution is 5.99. The summed E-state index contributed by atoms with van der Waals surface area (Å²) in [5.41, 5.74) is 2.24. The SMILES string of the molecule is CCN(CC(=O)c1ccc(C)cc1)c1ccccc1F. The van der Waals surface area contributed by atoms with E-state index >= 15 is 0 Å². The maximum atomic E-state index is 13.8. The molecule has 0 spiro atoms. The maximum Gasteiger partial charge on any atom is 0.182 e. The fourth-order valence-electron chi connectivity index (χ4n) is 2.08. The Balaban J connectivity index is 2.16. The van der Waals surface area contributed by atoms with Gasteiger partial charge >= 0.3 is 0 Å². The van der Waals surface area contributed by atoms with Gasteiger partial charge in [0, 0.05) is 12.1 Å². The van der Waals surface area contributed by atoms with E-state index in [0.717, 1.165) is 5.56 Å². The summed E-state index contributed by atoms with van der Waals surface area (Å²) in [6, 6.07) is 14.0. The van der Waals surface area contributed by atoms with Gasteiger partial charge in [-0.3, -0.25) is 4.79 Å². The van der Waals surface area contributed by atoms with Gasteiger partial charge < -0.3 is 4.90 Å². The van der Waals surface area contributed by atoms with Gasteiger partial charge in [-0.25, -0.2) is 4.39 Å². The minimum Gasteiger partial charge on any atom is -0.362 e. The van der Waals surface area contributed by atoms with E-state index in [2.05, 4.69) is 0 Å². The number of rotatable bonds is 5. The molecular weight excluding hydrogens is 253 g/mol. The second-order valence-corrected chi connectivity index (χ2v) is 4.75. The van der Waals surface area contributed by atoms with E-state index in [1.54, 1.807) is 23.1 Å². The summed E-state index contributed by atoms with van der Waals surface area (Å²) in [7, 11) is 0. The highest BCUT2D eigenvalue weighted by Gasteiger charge is 2.14. The van der Waals surface area contributed by atoms with Gasteiger partial charge in [-0.05, 0) is 26.0 Å². The van der Waals surface area contributed by atoms with Crippen LogP contribution in [-0.2, 0) is 0 Å². The predicted octanol–water partition coefficient (Wildman–Crippen LogP) is 3.84. The molecule has 0 atom stereocenters. The third-order valence-corrected chi connectivity index (χ3v) is 3.28. The average Bonchev–Trinajstić information content (AvgIpc) is 2.46. The Kier molecular flexibility index (Phi) is 4.51. The molecule has 0 aliphatic heterocycles. The highest BCUT2D eigenvalue weighted by Crippen LogP contribution is 2.19. The first-order chi connectivity index (χ1) is 9.61. The summed E-state index contributed by atoms with van der Waals surface area (Å²) in [5.74, 6) is -0.304. The third kappa shape index (κ3) is 3.23. The first-order valence-electron chi connectivity index (χ1n) is 6.71. The van der Waals surface area contributed by atoms with Crippen LogP contribution in [0.5, 0.6) is 0 Å². The summed E-state index contributed by atoms with van der Waals surface area (Å²) in [5, 5.41) is 0. The molecule has 0 saturated heterocycles. The van der Waals surface area contributed by atoms with Gasteiger partial charge in [0.05, 0.1) is 12.2 Å². The van der Waals surface area contributed by atoms with Gasteiger partial charge in [0.1, 0.15) is 5.82 Å². The van der Waals surface area contributed by atoms with Crippen LogP contribution in [0.3, 0.4) is 0 Å². The van der Waals surface area contributed by atoms with Crippen LogP contribution in [0.4, 0.5) is 10.1 Å². The lowest BCUT2D eigenvalue weighted by Gasteiger charge is -2.22. The summed E-state index contributed by atoms with van der Waals surface area (Å²) in [6.45, 7) is 4.65. The number of Topliss-reactive ketones (excluding diaryl/α,β-unsaturated/α-hetero) is 1. The molecule has 2 nitrogen and oxygen atoms in total. The van der Waals surface area contributed by atoms with Gasteiger partial charge in [0.2, 0.25) is 0 Å². The number of carbonyl (C=O) groups is 1. The molecule has 3 heteroatoms. The molecule has 20 heavy (non-hydrogen) atoms. The number of likely N-dealkylation sites (N-methyl/N-ethyl adjacent to an activating group) is 1. The number of halogens is 1. The van der Waals surface area contributed by atoms with Crippen molar-refractivity contribution in [2.45, 2.75) is 13.8 Å². The van der Waals surface area contributed by atoms with Gasteiger partial charge in [-0.2, -0.15) is 0 Å². The van der Waals surface area contributed by atoms with Gasteiger partial charge in [0.25, 0.3) is 0 Å². The topological polar surface area (TPSA) is 20.3 Å². The van der Waals surface area contributed by atoms with Crippen LogP contribution in [0.15, 0.2) is 48.5 Å². The Labute approximate surface area is 118 Å². The van der Waals surface area contributed by atoms with Gasteiger partial charge in [-0.1, -0.05) is 42.0 Å². The summed E-state index contributed by atoms with van der Waals surface area (Å²) >= 11 is 0. The summed E-state index contributed by atoms with van der Waals surface area (Å²) < 4.78 is 13.8. The number of nitrogens with zero attached hydrogens (tertiary/aromatic N) is 1. The predicted molar refractivity (Wildman–Crippen MR) is 79.8 cm³/mol. The van der Waals surface area contributed by atoms with Crippen LogP contribution in [-0.4, -0.2) is 18.9 Å². The number of para-hydroxylation sites is 1. The number of hydrogen-bond donors (Lipinski definition) is 0. The second kappa shape index (κ2) is 6.33. The van der Waals surface area contributed by atoms with Gasteiger partial charge in [0.15, 0.2) is 5.78 Å². The minimum absolute atomic E-state index is 0.00453. The Hall–Kier alpha value is -2.16. The van der Waals surface area contributed by atoms with E-state index in [1.807, 2.05) is 38.1 Å². The van der Waals surface area contributed by atoms with E-state index in [9.17, 15) is 9.18 Å². The molecule has 0 bridgehead atoms. The molecule has 0 aliphatic carbocycles. The van der Waals surface area contributed by atoms with Crippen molar-refractivity contribution in [3.8, 4) is 0 Å². The van der Waals surface area contributed by atoms with Crippen molar-refractivity contribution in [1.82, 2.24) is 0 Å². The molecule has 0 saturated carbocycles. The van der Waals surface area contributed by atoms with Crippen LogP contribution in [0.2, 0.25) is 0 Å². The van der Waals surface area contributed by atoms with Crippen LogP contribution in [0, 0.1) is 12.7 Å². The van der Waals surface area contributed by atoms with E-state index < -0.39 is 0 Å². The molecule has 2 aromatic carbocycles. The Morgan fingerprint density at radius 1 is 1.10 bits per heavy atom. The van der Waals surface area contributed by atoms with Crippen molar-refractivity contribution >= 4 is 11.5 Å². The fourth-order valence-corrected chi connectivity index (χ4v) is 2.08. The molecule has 104 valence electrons. The smallest absolute Gasteiger partial charge is 0.182 e. The van der Waals surface area contributed by atoms with Crippen LogP contribution >= 0.6 is 0 Å². The fraction of sp³-hybridized carbons (Fsp3) is 0.235. The lowest BCUT2D eigenvalue weighted by molar-refractivity contribution is 0.0999. The number of ketones is 1. The molecule has 0 fully saturated rings. The van der Waals surface area contributed by atoms with E-state index in [0.29, 0.717) is 17.8 Å². The normalized spacial score (nSPS) is 10.3. The lowest BCUT2D eigenvalue weighted by Crippen LogP contribution is -2.30. The number of anilines is 1. The van der Waals surface area contributed by atoms with Crippen LogP contribution in [0.25, 0.3) is 0 Å². The van der Waals surface area contributed by atoms with E-state index in [1.165, 1.54) is 6.07 Å². The molecule has 2 aromatic rings. The Morgan fingerprint density at radius 3 is 2.35 bits per heavy atom. The highest BCUT2D eigenvalue weighted by atomic mass is 19.1. The number of aryl methyl sites for hydroxylation is 1. The quantitative estimate of drug-likeness (QED) is 0.770. The van der Waals surface area contributed by atoms with Crippen molar-refractivity contribution in [1.29, 1.82) is 0 Å². The minimum atomic E-state index is -0.300. The molecule has 0 heterocycles. The zero-order valence-electron chi connectivity index (χ0n) is 11.8. The lowest BCUT2D eigenvalue weighted by atomic mass is 10.1. The van der Waals surface area contributed by atoms with Crippen molar-refractivity contribution in [3.63, 3.8) is 0 Å². The molecule has 0 amide bonds. The third-order valence-electron chi connectivity index (χ3n) is 3.28. The monoisotopic (exact) mass is 271 g/mol. The maximum absolute atomic E-state index is 13.8. The molecule has 2 rings (SSSR count). The Morgan fingerprint density at radius 2 is 1.75 bits per heavy atom. The van der Waals surface area contributed by atoms with Crippen LogP contribution < -0.4 is 4.90 Å². The van der Waals surface area contributed by atoms with Crippen molar-refractivity contribution < 1.29 is 9.18 Å². The zero-order valence-corrected chi connectivity index (χ0v) is 11.8. The first kappa shape index (κ1) is 14.3. The summed E-state index contributed by atoms with van der Waals surface area (Å²) in [4.78, 5) is 14.0. The zero-order chi connectivity index (χ0) is 14.5. The van der Waals surface area contributed by atoms with E-state index in [-0.39, 0.29) is 18.1 Å².